The Kier molecular flexibility index (Phi) is 6.40. The second kappa shape index (κ2) is 8.14. The Hall–Kier alpha value is -1.67. The zero-order valence-corrected chi connectivity index (χ0v) is 15.5. The quantitative estimate of drug-likeness (QED) is 0.800. The maximum Gasteiger partial charge on any atom is 0.239 e. The van der Waals surface area contributed by atoms with Gasteiger partial charge in [-0.15, -0.1) is 0 Å². The standard InChI is InChI=1S/C16H15Cl2FN2O3S/c1-21(25(23,24)10-11-2-4-12(19)5-3-11)9-16(22)20-13-6-7-14(17)15(18)8-13/h2-8H,9-10H2,1H3,(H,20,22). The third-order valence-electron chi connectivity index (χ3n) is 3.31. The molecule has 1 amide bonds. The molecule has 2 rings (SSSR count). The van der Waals surface area contributed by atoms with Crippen molar-refractivity contribution in [3.05, 3.63) is 63.9 Å². The summed E-state index contributed by atoms with van der Waals surface area (Å²) >= 11 is 11.7. The van der Waals surface area contributed by atoms with Gasteiger partial charge in [0.2, 0.25) is 15.9 Å². The van der Waals surface area contributed by atoms with Gasteiger partial charge in [-0.2, -0.15) is 4.31 Å². The van der Waals surface area contributed by atoms with E-state index in [0.29, 0.717) is 16.3 Å². The zero-order chi connectivity index (χ0) is 18.6. The number of halogens is 3. The fourth-order valence-corrected chi connectivity index (χ4v) is 3.42. The van der Waals surface area contributed by atoms with E-state index in [2.05, 4.69) is 5.32 Å². The molecule has 2 aromatic rings. The fraction of sp³-hybridized carbons (Fsp3) is 0.188. The maximum absolute atomic E-state index is 12.9. The molecule has 0 aliphatic rings. The minimum Gasteiger partial charge on any atom is -0.325 e. The predicted octanol–water partition coefficient (Wildman–Crippen LogP) is 3.53. The topological polar surface area (TPSA) is 66.5 Å². The van der Waals surface area contributed by atoms with E-state index in [1.807, 2.05) is 0 Å². The number of nitrogens with one attached hydrogen (secondary N) is 1. The smallest absolute Gasteiger partial charge is 0.239 e. The van der Waals surface area contributed by atoms with E-state index in [4.69, 9.17) is 23.2 Å². The Labute approximate surface area is 155 Å². The average Bonchev–Trinajstić information content (AvgIpc) is 2.53. The van der Waals surface area contributed by atoms with E-state index < -0.39 is 21.7 Å². The number of amides is 1. The lowest BCUT2D eigenvalue weighted by Crippen LogP contribution is -2.35. The molecular weight excluding hydrogens is 390 g/mol. The number of anilines is 1. The molecule has 25 heavy (non-hydrogen) atoms. The van der Waals surface area contributed by atoms with Crippen LogP contribution >= 0.6 is 23.2 Å². The Morgan fingerprint density at radius 3 is 2.36 bits per heavy atom. The highest BCUT2D eigenvalue weighted by molar-refractivity contribution is 7.88. The number of carbonyl (C=O) groups is 1. The average molecular weight is 405 g/mol. The fourth-order valence-electron chi connectivity index (χ4n) is 1.98. The van der Waals surface area contributed by atoms with E-state index in [0.717, 1.165) is 4.31 Å². The van der Waals surface area contributed by atoms with Gasteiger partial charge in [-0.25, -0.2) is 12.8 Å². The van der Waals surface area contributed by atoms with Crippen LogP contribution in [0.2, 0.25) is 10.0 Å². The maximum atomic E-state index is 12.9. The first kappa shape index (κ1) is 19.7. The van der Waals surface area contributed by atoms with Crippen LogP contribution in [0.3, 0.4) is 0 Å². The molecule has 134 valence electrons. The van der Waals surface area contributed by atoms with Crippen LogP contribution in [0.1, 0.15) is 5.56 Å². The van der Waals surface area contributed by atoms with E-state index in [1.54, 1.807) is 6.07 Å². The Balaban J connectivity index is 1.99. The molecule has 0 aliphatic carbocycles. The van der Waals surface area contributed by atoms with Crippen molar-refractivity contribution in [1.82, 2.24) is 4.31 Å². The normalized spacial score (nSPS) is 11.6. The van der Waals surface area contributed by atoms with Crippen LogP contribution in [0.5, 0.6) is 0 Å². The summed E-state index contributed by atoms with van der Waals surface area (Å²) < 4.78 is 38.4. The van der Waals surface area contributed by atoms with Gasteiger partial charge >= 0.3 is 0 Å². The lowest BCUT2D eigenvalue weighted by atomic mass is 10.2. The number of hydrogen-bond acceptors (Lipinski definition) is 3. The minimum atomic E-state index is -3.73. The van der Waals surface area contributed by atoms with E-state index >= 15 is 0 Å². The summed E-state index contributed by atoms with van der Waals surface area (Å²) in [5.74, 6) is -1.30. The minimum absolute atomic E-state index is 0.275. The largest absolute Gasteiger partial charge is 0.325 e. The first-order chi connectivity index (χ1) is 11.7. The molecule has 9 heteroatoms. The monoisotopic (exact) mass is 404 g/mol. The van der Waals surface area contributed by atoms with Crippen LogP contribution < -0.4 is 5.32 Å². The molecule has 0 heterocycles. The predicted molar refractivity (Wildman–Crippen MR) is 96.7 cm³/mol. The van der Waals surface area contributed by atoms with E-state index in [9.17, 15) is 17.6 Å². The van der Waals surface area contributed by atoms with E-state index in [1.165, 1.54) is 43.4 Å². The van der Waals surface area contributed by atoms with Crippen molar-refractivity contribution in [2.45, 2.75) is 5.75 Å². The third kappa shape index (κ3) is 5.67. The molecular formula is C16H15Cl2FN2O3S. The van der Waals surface area contributed by atoms with E-state index in [-0.39, 0.29) is 17.3 Å². The third-order valence-corrected chi connectivity index (χ3v) is 5.82. The molecule has 0 aromatic heterocycles. The molecule has 0 unspecified atom stereocenters. The number of benzene rings is 2. The van der Waals surface area contributed by atoms with Gasteiger partial charge in [-0.1, -0.05) is 35.3 Å². The number of likely N-dealkylation sites (N-methyl/N-ethyl adjacent to an activating group) is 1. The van der Waals surface area contributed by atoms with Gasteiger partial charge in [-0.05, 0) is 35.9 Å². The second-order valence-corrected chi connectivity index (χ2v) is 8.21. The Bertz CT molecular complexity index is 873. The van der Waals surface area contributed by atoms with Crippen molar-refractivity contribution in [3.63, 3.8) is 0 Å². The van der Waals surface area contributed by atoms with Gasteiger partial charge < -0.3 is 5.32 Å². The van der Waals surface area contributed by atoms with Crippen LogP contribution in [0.25, 0.3) is 0 Å². The molecule has 1 N–H and O–H groups in total. The van der Waals surface area contributed by atoms with Crippen LogP contribution in [0, 0.1) is 5.82 Å². The van der Waals surface area contributed by atoms with Crippen LogP contribution in [0.15, 0.2) is 42.5 Å². The molecule has 2 aromatic carbocycles. The van der Waals surface area contributed by atoms with Crippen LogP contribution in [-0.4, -0.2) is 32.2 Å². The van der Waals surface area contributed by atoms with Crippen LogP contribution in [-0.2, 0) is 20.6 Å². The van der Waals surface area contributed by atoms with Crippen molar-refractivity contribution in [1.29, 1.82) is 0 Å². The molecule has 0 atom stereocenters. The molecule has 0 aliphatic heterocycles. The summed E-state index contributed by atoms with van der Waals surface area (Å²) in [6.07, 6.45) is 0. The van der Waals surface area contributed by atoms with Gasteiger partial charge in [0.05, 0.1) is 22.3 Å². The summed E-state index contributed by atoms with van der Waals surface area (Å²) in [6.45, 7) is -0.371. The molecule has 0 fully saturated rings. The highest BCUT2D eigenvalue weighted by Crippen LogP contribution is 2.25. The Morgan fingerprint density at radius 2 is 1.76 bits per heavy atom. The van der Waals surface area contributed by atoms with Gasteiger partial charge in [0, 0.05) is 12.7 Å². The Morgan fingerprint density at radius 1 is 1.12 bits per heavy atom. The number of nitrogens with zero attached hydrogens (tertiary/aromatic N) is 1. The molecule has 0 radical (unpaired) electrons. The summed E-state index contributed by atoms with van der Waals surface area (Å²) in [5.41, 5.74) is 0.835. The van der Waals surface area contributed by atoms with Crippen molar-refractivity contribution in [2.24, 2.45) is 0 Å². The summed E-state index contributed by atoms with van der Waals surface area (Å²) in [7, 11) is -2.43. The summed E-state index contributed by atoms with van der Waals surface area (Å²) in [6, 6.07) is 9.68. The number of hydrogen-bond donors (Lipinski definition) is 1. The zero-order valence-electron chi connectivity index (χ0n) is 13.2. The summed E-state index contributed by atoms with van der Waals surface area (Å²) in [5, 5.41) is 3.17. The highest BCUT2D eigenvalue weighted by atomic mass is 35.5. The number of rotatable bonds is 6. The van der Waals surface area contributed by atoms with Gasteiger partial charge in [-0.3, -0.25) is 4.79 Å². The molecule has 0 saturated heterocycles. The van der Waals surface area contributed by atoms with Crippen molar-refractivity contribution in [2.75, 3.05) is 18.9 Å². The molecule has 0 spiro atoms. The van der Waals surface area contributed by atoms with Crippen LogP contribution in [0.4, 0.5) is 10.1 Å². The van der Waals surface area contributed by atoms with Crippen molar-refractivity contribution < 1.29 is 17.6 Å². The first-order valence-electron chi connectivity index (χ1n) is 7.11. The number of carbonyl (C=O) groups excluding carboxylic acids is 1. The highest BCUT2D eigenvalue weighted by Gasteiger charge is 2.21. The van der Waals surface area contributed by atoms with Gasteiger partial charge in [0.15, 0.2) is 0 Å². The van der Waals surface area contributed by atoms with Crippen molar-refractivity contribution >= 4 is 44.8 Å². The first-order valence-corrected chi connectivity index (χ1v) is 9.47. The molecule has 0 saturated carbocycles. The van der Waals surface area contributed by atoms with Gasteiger partial charge in [0.1, 0.15) is 5.82 Å². The summed E-state index contributed by atoms with van der Waals surface area (Å²) in [4.78, 5) is 12.0. The van der Waals surface area contributed by atoms with Crippen molar-refractivity contribution in [3.8, 4) is 0 Å². The SMILES string of the molecule is CN(CC(=O)Nc1ccc(Cl)c(Cl)c1)S(=O)(=O)Cc1ccc(F)cc1. The lowest BCUT2D eigenvalue weighted by Gasteiger charge is -2.17. The number of sulfonamides is 1. The second-order valence-electron chi connectivity index (χ2n) is 5.32. The van der Waals surface area contributed by atoms with Gasteiger partial charge in [0.25, 0.3) is 0 Å². The molecule has 5 nitrogen and oxygen atoms in total. The molecule has 0 bridgehead atoms. The lowest BCUT2D eigenvalue weighted by molar-refractivity contribution is -0.116.